The summed E-state index contributed by atoms with van der Waals surface area (Å²) in [5, 5.41) is 9.04. The third kappa shape index (κ3) is 3.54. The molecule has 1 N–H and O–H groups in total. The number of hydrogen-bond donors (Lipinski definition) is 1. The van der Waals surface area contributed by atoms with E-state index in [1.165, 1.54) is 32.4 Å². The van der Waals surface area contributed by atoms with Gasteiger partial charge in [0.25, 0.3) is 0 Å². The fraction of sp³-hybridized carbons (Fsp3) is 0.769. The van der Waals surface area contributed by atoms with Crippen LogP contribution >= 0.6 is 0 Å². The number of nitrogens with zero attached hydrogens (tertiary/aromatic N) is 2. The van der Waals surface area contributed by atoms with E-state index < -0.39 is 0 Å². The molecule has 0 amide bonds. The molecule has 1 atom stereocenters. The molecule has 4 heteroatoms. The fourth-order valence-corrected chi connectivity index (χ4v) is 2.20. The van der Waals surface area contributed by atoms with Crippen molar-refractivity contribution in [2.75, 3.05) is 26.2 Å². The number of oxazole rings is 1. The first-order chi connectivity index (χ1) is 8.29. The molecule has 4 nitrogen and oxygen atoms in total. The molecule has 0 spiro atoms. The Labute approximate surface area is 103 Å². The second-order valence-corrected chi connectivity index (χ2v) is 4.90. The van der Waals surface area contributed by atoms with Crippen molar-refractivity contribution in [2.24, 2.45) is 0 Å². The average molecular weight is 238 g/mol. The lowest BCUT2D eigenvalue weighted by Gasteiger charge is -2.25. The number of aliphatic hydroxyl groups is 1. The van der Waals surface area contributed by atoms with E-state index in [4.69, 9.17) is 9.52 Å². The SMILES string of the molecule is CC(CO)c1coc(CCN2CCCCC2)n1. The number of aromatic nitrogens is 1. The van der Waals surface area contributed by atoms with Gasteiger partial charge in [0.1, 0.15) is 6.26 Å². The Balaban J connectivity index is 1.80. The maximum absolute atomic E-state index is 9.04. The lowest BCUT2D eigenvalue weighted by atomic mass is 10.1. The van der Waals surface area contributed by atoms with Crippen molar-refractivity contribution >= 4 is 0 Å². The molecule has 96 valence electrons. The second-order valence-electron chi connectivity index (χ2n) is 4.90. The van der Waals surface area contributed by atoms with Gasteiger partial charge < -0.3 is 14.4 Å². The highest BCUT2D eigenvalue weighted by atomic mass is 16.3. The number of likely N-dealkylation sites (tertiary alicyclic amines) is 1. The quantitative estimate of drug-likeness (QED) is 0.849. The molecule has 0 radical (unpaired) electrons. The summed E-state index contributed by atoms with van der Waals surface area (Å²) in [6.07, 6.45) is 6.55. The van der Waals surface area contributed by atoms with Crippen molar-refractivity contribution in [3.8, 4) is 0 Å². The number of hydrogen-bond acceptors (Lipinski definition) is 4. The van der Waals surface area contributed by atoms with Crippen molar-refractivity contribution in [3.05, 3.63) is 17.8 Å². The Kier molecular flexibility index (Phi) is 4.57. The lowest BCUT2D eigenvalue weighted by molar-refractivity contribution is 0.226. The van der Waals surface area contributed by atoms with Gasteiger partial charge in [-0.25, -0.2) is 4.98 Å². The Morgan fingerprint density at radius 2 is 2.18 bits per heavy atom. The van der Waals surface area contributed by atoms with E-state index in [1.807, 2.05) is 6.92 Å². The average Bonchev–Trinajstić information content (AvgIpc) is 2.85. The van der Waals surface area contributed by atoms with Gasteiger partial charge in [0.2, 0.25) is 0 Å². The number of piperidine rings is 1. The van der Waals surface area contributed by atoms with Crippen molar-refractivity contribution in [2.45, 2.75) is 38.5 Å². The molecule has 0 aromatic carbocycles. The first-order valence-corrected chi connectivity index (χ1v) is 6.57. The van der Waals surface area contributed by atoms with Crippen LogP contribution in [0.2, 0.25) is 0 Å². The summed E-state index contributed by atoms with van der Waals surface area (Å²) in [6.45, 7) is 5.53. The van der Waals surface area contributed by atoms with Crippen molar-refractivity contribution in [1.82, 2.24) is 9.88 Å². The zero-order chi connectivity index (χ0) is 12.1. The third-order valence-electron chi connectivity index (χ3n) is 3.44. The highest BCUT2D eigenvalue weighted by Crippen LogP contribution is 2.15. The minimum Gasteiger partial charge on any atom is -0.449 e. The monoisotopic (exact) mass is 238 g/mol. The van der Waals surface area contributed by atoms with Gasteiger partial charge in [-0.2, -0.15) is 0 Å². The van der Waals surface area contributed by atoms with E-state index in [2.05, 4.69) is 9.88 Å². The molecule has 1 aromatic heterocycles. The van der Waals surface area contributed by atoms with Gasteiger partial charge >= 0.3 is 0 Å². The molecule has 1 unspecified atom stereocenters. The highest BCUT2D eigenvalue weighted by molar-refractivity contribution is 5.03. The van der Waals surface area contributed by atoms with E-state index in [0.717, 1.165) is 24.6 Å². The van der Waals surface area contributed by atoms with Crippen LogP contribution in [0.1, 0.15) is 43.7 Å². The molecule has 1 aromatic rings. The second kappa shape index (κ2) is 6.17. The van der Waals surface area contributed by atoms with Crippen LogP contribution in [-0.4, -0.2) is 41.2 Å². The zero-order valence-corrected chi connectivity index (χ0v) is 10.6. The Bertz CT molecular complexity index is 332. The van der Waals surface area contributed by atoms with Crippen LogP contribution in [0.15, 0.2) is 10.7 Å². The Hall–Kier alpha value is -0.870. The first kappa shape index (κ1) is 12.6. The third-order valence-corrected chi connectivity index (χ3v) is 3.44. The van der Waals surface area contributed by atoms with Crippen molar-refractivity contribution < 1.29 is 9.52 Å². The van der Waals surface area contributed by atoms with Gasteiger partial charge in [0.15, 0.2) is 5.89 Å². The highest BCUT2D eigenvalue weighted by Gasteiger charge is 2.13. The lowest BCUT2D eigenvalue weighted by Crippen LogP contribution is -2.31. The molecule has 0 saturated carbocycles. The molecule has 1 fully saturated rings. The predicted molar refractivity (Wildman–Crippen MR) is 66.0 cm³/mol. The molecule has 2 rings (SSSR count). The number of aliphatic hydroxyl groups excluding tert-OH is 1. The van der Waals surface area contributed by atoms with Crippen LogP contribution in [0.5, 0.6) is 0 Å². The van der Waals surface area contributed by atoms with E-state index in [9.17, 15) is 0 Å². The Morgan fingerprint density at radius 3 is 2.88 bits per heavy atom. The summed E-state index contributed by atoms with van der Waals surface area (Å²) in [4.78, 5) is 6.89. The molecule has 0 bridgehead atoms. The van der Waals surface area contributed by atoms with E-state index >= 15 is 0 Å². The molecular formula is C13H22N2O2. The van der Waals surface area contributed by atoms with Crippen LogP contribution in [0.3, 0.4) is 0 Å². The van der Waals surface area contributed by atoms with Gasteiger partial charge in [-0.1, -0.05) is 13.3 Å². The van der Waals surface area contributed by atoms with Crippen LogP contribution in [-0.2, 0) is 6.42 Å². The Morgan fingerprint density at radius 1 is 1.41 bits per heavy atom. The largest absolute Gasteiger partial charge is 0.449 e. The van der Waals surface area contributed by atoms with Gasteiger partial charge in [0, 0.05) is 18.9 Å². The predicted octanol–water partition coefficient (Wildman–Crippen LogP) is 1.80. The van der Waals surface area contributed by atoms with E-state index in [-0.39, 0.29) is 12.5 Å². The fourth-order valence-electron chi connectivity index (χ4n) is 2.20. The molecule has 1 aliphatic rings. The summed E-state index contributed by atoms with van der Waals surface area (Å²) in [7, 11) is 0. The van der Waals surface area contributed by atoms with Gasteiger partial charge in [-0.3, -0.25) is 0 Å². The molecule has 1 saturated heterocycles. The molecule has 0 aliphatic carbocycles. The van der Waals surface area contributed by atoms with E-state index in [0.29, 0.717) is 0 Å². The minimum atomic E-state index is 0.0717. The van der Waals surface area contributed by atoms with Gasteiger partial charge in [0.05, 0.1) is 12.3 Å². The number of rotatable bonds is 5. The molecule has 2 heterocycles. The maximum atomic E-state index is 9.04. The maximum Gasteiger partial charge on any atom is 0.195 e. The van der Waals surface area contributed by atoms with Crippen molar-refractivity contribution in [3.63, 3.8) is 0 Å². The van der Waals surface area contributed by atoms with Gasteiger partial charge in [-0.15, -0.1) is 0 Å². The zero-order valence-electron chi connectivity index (χ0n) is 10.6. The van der Waals surface area contributed by atoms with Crippen LogP contribution in [0, 0.1) is 0 Å². The summed E-state index contributed by atoms with van der Waals surface area (Å²) >= 11 is 0. The topological polar surface area (TPSA) is 49.5 Å². The molecule has 17 heavy (non-hydrogen) atoms. The summed E-state index contributed by atoms with van der Waals surface area (Å²) in [5.41, 5.74) is 0.862. The molecule has 1 aliphatic heterocycles. The summed E-state index contributed by atoms with van der Waals surface area (Å²) < 4.78 is 5.43. The standard InChI is InChI=1S/C13H22N2O2/c1-11(9-16)12-10-17-13(14-12)5-8-15-6-3-2-4-7-15/h10-11,16H,2-9H2,1H3. The summed E-state index contributed by atoms with van der Waals surface area (Å²) in [5.74, 6) is 0.869. The molecular weight excluding hydrogens is 216 g/mol. The first-order valence-electron chi connectivity index (χ1n) is 6.57. The van der Waals surface area contributed by atoms with Crippen LogP contribution in [0.25, 0.3) is 0 Å². The normalized spacial score (nSPS) is 19.4. The minimum absolute atomic E-state index is 0.0717. The summed E-state index contributed by atoms with van der Waals surface area (Å²) in [6, 6.07) is 0. The van der Waals surface area contributed by atoms with Crippen molar-refractivity contribution in [1.29, 1.82) is 0 Å². The van der Waals surface area contributed by atoms with E-state index in [1.54, 1.807) is 6.26 Å². The van der Waals surface area contributed by atoms with Gasteiger partial charge in [-0.05, 0) is 25.9 Å². The smallest absolute Gasteiger partial charge is 0.195 e. The van der Waals surface area contributed by atoms with Crippen LogP contribution in [0.4, 0.5) is 0 Å². The van der Waals surface area contributed by atoms with Crippen LogP contribution < -0.4 is 0 Å².